The summed E-state index contributed by atoms with van der Waals surface area (Å²) in [6.07, 6.45) is 1.75. The van der Waals surface area contributed by atoms with E-state index in [0.717, 1.165) is 11.1 Å². The summed E-state index contributed by atoms with van der Waals surface area (Å²) in [7, 11) is 0. The zero-order valence-corrected chi connectivity index (χ0v) is 11.0. The maximum Gasteiger partial charge on any atom is 0.198 e. The Kier molecular flexibility index (Phi) is 3.06. The van der Waals surface area contributed by atoms with Gasteiger partial charge in [-0.15, -0.1) is 0 Å². The first kappa shape index (κ1) is 12.5. The fourth-order valence-corrected chi connectivity index (χ4v) is 2.33. The molecule has 0 spiro atoms. The summed E-state index contributed by atoms with van der Waals surface area (Å²) in [5.41, 5.74) is 3.40. The van der Waals surface area contributed by atoms with E-state index in [1.54, 1.807) is 16.8 Å². The Bertz CT molecular complexity index is 792. The number of aromatic nitrogens is 2. The minimum absolute atomic E-state index is 0.346. The number of Topliss-reactive ketones (excluding diaryl/α,β-unsaturated/α-hetero) is 1. The first-order chi connectivity index (χ1) is 9.70. The molecule has 0 saturated heterocycles. The van der Waals surface area contributed by atoms with Gasteiger partial charge >= 0.3 is 0 Å². The summed E-state index contributed by atoms with van der Waals surface area (Å²) in [4.78, 5) is 11.9. The van der Waals surface area contributed by atoms with E-state index in [2.05, 4.69) is 5.10 Å². The number of aryl methyl sites for hydroxylation is 1. The van der Waals surface area contributed by atoms with E-state index >= 15 is 0 Å². The van der Waals surface area contributed by atoms with Crippen molar-refractivity contribution in [1.82, 2.24) is 9.61 Å². The highest BCUT2D eigenvalue weighted by molar-refractivity contribution is 6.08. The molecule has 0 saturated carbocycles. The van der Waals surface area contributed by atoms with Crippen LogP contribution in [0, 0.1) is 6.92 Å². The number of ketones is 1. The standard InChI is InChI=1S/C16H13FN2O/c1-11-5-4-6-12(9-11)16-15(14(20)10-17)13-7-2-3-8-19(13)18-16/h2-9H,10H2,1H3. The molecule has 0 N–H and O–H groups in total. The Balaban J connectivity index is 2.32. The lowest BCUT2D eigenvalue weighted by atomic mass is 10.0. The van der Waals surface area contributed by atoms with E-state index in [0.29, 0.717) is 16.8 Å². The zero-order chi connectivity index (χ0) is 14.1. The van der Waals surface area contributed by atoms with E-state index in [9.17, 15) is 9.18 Å². The minimum Gasteiger partial charge on any atom is -0.291 e. The second-order valence-corrected chi connectivity index (χ2v) is 4.68. The van der Waals surface area contributed by atoms with Gasteiger partial charge in [0, 0.05) is 11.8 Å². The Morgan fingerprint density at radius 2 is 2.10 bits per heavy atom. The number of halogens is 1. The summed E-state index contributed by atoms with van der Waals surface area (Å²) in [5.74, 6) is -0.539. The summed E-state index contributed by atoms with van der Waals surface area (Å²) in [6, 6.07) is 13.1. The maximum atomic E-state index is 12.9. The van der Waals surface area contributed by atoms with E-state index < -0.39 is 12.5 Å². The van der Waals surface area contributed by atoms with E-state index in [1.165, 1.54) is 0 Å². The van der Waals surface area contributed by atoms with Crippen molar-refractivity contribution in [3.05, 3.63) is 59.8 Å². The number of hydrogen-bond acceptors (Lipinski definition) is 2. The molecule has 0 unspecified atom stereocenters. The van der Waals surface area contributed by atoms with Crippen LogP contribution >= 0.6 is 0 Å². The smallest absolute Gasteiger partial charge is 0.198 e. The predicted molar refractivity (Wildman–Crippen MR) is 75.7 cm³/mol. The van der Waals surface area contributed by atoms with E-state index in [1.807, 2.05) is 43.3 Å². The largest absolute Gasteiger partial charge is 0.291 e. The molecular formula is C16H13FN2O. The van der Waals surface area contributed by atoms with Gasteiger partial charge in [-0.3, -0.25) is 4.79 Å². The van der Waals surface area contributed by atoms with Crippen LogP contribution in [0.4, 0.5) is 4.39 Å². The van der Waals surface area contributed by atoms with Crippen LogP contribution in [0.2, 0.25) is 0 Å². The molecule has 100 valence electrons. The summed E-state index contributed by atoms with van der Waals surface area (Å²) in [6.45, 7) is 0.949. The van der Waals surface area contributed by atoms with Crippen LogP contribution in [0.3, 0.4) is 0 Å². The Labute approximate surface area is 115 Å². The zero-order valence-electron chi connectivity index (χ0n) is 11.0. The van der Waals surface area contributed by atoms with Gasteiger partial charge < -0.3 is 0 Å². The fraction of sp³-hybridized carbons (Fsp3) is 0.125. The Hall–Kier alpha value is -2.49. The normalized spacial score (nSPS) is 10.9. The third-order valence-corrected chi connectivity index (χ3v) is 3.23. The molecule has 1 aromatic carbocycles. The first-order valence-corrected chi connectivity index (χ1v) is 6.34. The monoisotopic (exact) mass is 268 g/mol. The van der Waals surface area contributed by atoms with Crippen LogP contribution in [0.15, 0.2) is 48.7 Å². The van der Waals surface area contributed by atoms with Crippen LogP contribution in [0.1, 0.15) is 15.9 Å². The molecule has 3 aromatic rings. The van der Waals surface area contributed by atoms with Crippen molar-refractivity contribution < 1.29 is 9.18 Å². The number of carbonyl (C=O) groups excluding carboxylic acids is 1. The van der Waals surface area contributed by atoms with Crippen molar-refractivity contribution in [3.8, 4) is 11.3 Å². The lowest BCUT2D eigenvalue weighted by molar-refractivity contribution is 0.0961. The molecule has 4 heteroatoms. The first-order valence-electron chi connectivity index (χ1n) is 6.34. The number of benzene rings is 1. The average Bonchev–Trinajstić information content (AvgIpc) is 2.86. The molecule has 0 aliphatic heterocycles. The number of hydrogen-bond donors (Lipinski definition) is 0. The highest BCUT2D eigenvalue weighted by Gasteiger charge is 2.20. The van der Waals surface area contributed by atoms with Crippen LogP contribution in [0.25, 0.3) is 16.8 Å². The molecule has 0 bridgehead atoms. The predicted octanol–water partition coefficient (Wildman–Crippen LogP) is 3.46. The maximum absolute atomic E-state index is 12.9. The average molecular weight is 268 g/mol. The molecule has 3 nitrogen and oxygen atoms in total. The molecule has 0 radical (unpaired) electrons. The van der Waals surface area contributed by atoms with Crippen molar-refractivity contribution in [2.75, 3.05) is 6.67 Å². The molecule has 20 heavy (non-hydrogen) atoms. The van der Waals surface area contributed by atoms with Crippen molar-refractivity contribution in [3.63, 3.8) is 0 Å². The van der Waals surface area contributed by atoms with Gasteiger partial charge in [-0.2, -0.15) is 5.10 Å². The van der Waals surface area contributed by atoms with Gasteiger partial charge in [0.05, 0.1) is 11.1 Å². The summed E-state index contributed by atoms with van der Waals surface area (Å²) in [5, 5.41) is 4.42. The molecule has 2 aromatic heterocycles. The third-order valence-electron chi connectivity index (χ3n) is 3.23. The highest BCUT2D eigenvalue weighted by atomic mass is 19.1. The number of alkyl halides is 1. The molecule has 0 aliphatic rings. The summed E-state index contributed by atoms with van der Waals surface area (Å²) < 4.78 is 14.5. The molecule has 2 heterocycles. The van der Waals surface area contributed by atoms with Crippen molar-refractivity contribution >= 4 is 11.3 Å². The number of pyridine rings is 1. The van der Waals surface area contributed by atoms with Gasteiger partial charge in [-0.1, -0.05) is 29.8 Å². The SMILES string of the molecule is Cc1cccc(-c2nn3ccccc3c2C(=O)CF)c1. The topological polar surface area (TPSA) is 34.4 Å². The highest BCUT2D eigenvalue weighted by Crippen LogP contribution is 2.27. The second kappa shape index (κ2) is 4.89. The quantitative estimate of drug-likeness (QED) is 0.682. The number of fused-ring (bicyclic) bond motifs is 1. The van der Waals surface area contributed by atoms with Gasteiger partial charge in [0.25, 0.3) is 0 Å². The number of carbonyl (C=O) groups is 1. The van der Waals surface area contributed by atoms with Gasteiger partial charge in [-0.25, -0.2) is 8.91 Å². The fourth-order valence-electron chi connectivity index (χ4n) is 2.33. The molecular weight excluding hydrogens is 255 g/mol. The molecule has 0 fully saturated rings. The summed E-state index contributed by atoms with van der Waals surface area (Å²) >= 11 is 0. The van der Waals surface area contributed by atoms with Gasteiger partial charge in [0.15, 0.2) is 12.5 Å². The van der Waals surface area contributed by atoms with Crippen molar-refractivity contribution in [2.45, 2.75) is 6.92 Å². The third kappa shape index (κ3) is 1.99. The van der Waals surface area contributed by atoms with Crippen LogP contribution < -0.4 is 0 Å². The molecule has 3 rings (SSSR count). The number of rotatable bonds is 3. The lowest BCUT2D eigenvalue weighted by Gasteiger charge is -2.01. The molecule has 0 amide bonds. The van der Waals surface area contributed by atoms with Crippen LogP contribution in [0.5, 0.6) is 0 Å². The molecule has 0 aliphatic carbocycles. The van der Waals surface area contributed by atoms with Crippen LogP contribution in [-0.2, 0) is 0 Å². The Morgan fingerprint density at radius 3 is 2.85 bits per heavy atom. The van der Waals surface area contributed by atoms with Gasteiger partial charge in [0.2, 0.25) is 0 Å². The van der Waals surface area contributed by atoms with Crippen molar-refractivity contribution in [2.24, 2.45) is 0 Å². The number of nitrogens with zero attached hydrogens (tertiary/aromatic N) is 2. The Morgan fingerprint density at radius 1 is 1.25 bits per heavy atom. The van der Waals surface area contributed by atoms with Crippen LogP contribution in [-0.4, -0.2) is 22.1 Å². The van der Waals surface area contributed by atoms with Crippen molar-refractivity contribution in [1.29, 1.82) is 0 Å². The second-order valence-electron chi connectivity index (χ2n) is 4.68. The van der Waals surface area contributed by atoms with Gasteiger partial charge in [0.1, 0.15) is 5.69 Å². The van der Waals surface area contributed by atoms with E-state index in [4.69, 9.17) is 0 Å². The minimum atomic E-state index is -1.02. The molecule has 0 atom stereocenters. The lowest BCUT2D eigenvalue weighted by Crippen LogP contribution is -2.02. The van der Waals surface area contributed by atoms with Gasteiger partial charge in [-0.05, 0) is 25.1 Å². The van der Waals surface area contributed by atoms with E-state index in [-0.39, 0.29) is 0 Å².